The molecule has 0 radical (unpaired) electrons. The summed E-state index contributed by atoms with van der Waals surface area (Å²) >= 11 is 1.82. The molecule has 2 atom stereocenters. The van der Waals surface area contributed by atoms with Gasteiger partial charge < -0.3 is 9.88 Å². The van der Waals surface area contributed by atoms with Crippen LogP contribution < -0.4 is 5.32 Å². The Balaban J connectivity index is 1.74. The zero-order valence-electron chi connectivity index (χ0n) is 12.7. The van der Waals surface area contributed by atoms with Gasteiger partial charge in [0.15, 0.2) is 0 Å². The molecule has 3 rings (SSSR count). The Bertz CT molecular complexity index is 715. The largest absolute Gasteiger partial charge is 0.330 e. The van der Waals surface area contributed by atoms with Gasteiger partial charge in [0.1, 0.15) is 5.82 Å². The lowest BCUT2D eigenvalue weighted by Gasteiger charge is -2.19. The number of hydrogen-bond donors (Lipinski definition) is 1. The first-order chi connectivity index (χ1) is 10.1. The Labute approximate surface area is 129 Å². The van der Waals surface area contributed by atoms with E-state index in [0.717, 1.165) is 17.8 Å². The van der Waals surface area contributed by atoms with Gasteiger partial charge in [-0.25, -0.2) is 4.98 Å². The molecular formula is C17H21N3S. The Morgan fingerprint density at radius 3 is 2.71 bits per heavy atom. The van der Waals surface area contributed by atoms with Crippen LogP contribution in [-0.4, -0.2) is 15.6 Å². The molecule has 1 aromatic carbocycles. The number of nitrogens with one attached hydrogen (secondary N) is 1. The predicted octanol–water partition coefficient (Wildman–Crippen LogP) is 3.92. The Morgan fingerprint density at radius 2 is 2.00 bits per heavy atom. The number of aryl methyl sites for hydroxylation is 1. The Morgan fingerprint density at radius 1 is 1.19 bits per heavy atom. The lowest BCUT2D eigenvalue weighted by Crippen LogP contribution is -2.31. The van der Waals surface area contributed by atoms with Crippen LogP contribution in [0.3, 0.4) is 0 Å². The van der Waals surface area contributed by atoms with Crippen molar-refractivity contribution in [3.8, 4) is 0 Å². The van der Waals surface area contributed by atoms with E-state index in [1.807, 2.05) is 17.4 Å². The maximum absolute atomic E-state index is 4.77. The summed E-state index contributed by atoms with van der Waals surface area (Å²) in [5.41, 5.74) is 2.25. The van der Waals surface area contributed by atoms with Crippen LogP contribution in [0.5, 0.6) is 0 Å². The van der Waals surface area contributed by atoms with Gasteiger partial charge in [-0.1, -0.05) is 18.2 Å². The van der Waals surface area contributed by atoms with E-state index in [1.165, 1.54) is 10.4 Å². The van der Waals surface area contributed by atoms with Gasteiger partial charge in [-0.15, -0.1) is 11.3 Å². The highest BCUT2D eigenvalue weighted by molar-refractivity contribution is 7.09. The number of thiophene rings is 1. The molecule has 3 aromatic rings. The predicted molar refractivity (Wildman–Crippen MR) is 89.7 cm³/mol. The van der Waals surface area contributed by atoms with E-state index >= 15 is 0 Å². The highest BCUT2D eigenvalue weighted by Gasteiger charge is 2.16. The average Bonchev–Trinajstić information content (AvgIpc) is 3.07. The lowest BCUT2D eigenvalue weighted by molar-refractivity contribution is 0.456. The molecule has 2 unspecified atom stereocenters. The van der Waals surface area contributed by atoms with E-state index in [0.29, 0.717) is 6.04 Å². The van der Waals surface area contributed by atoms with Crippen molar-refractivity contribution in [3.05, 3.63) is 52.5 Å². The van der Waals surface area contributed by atoms with E-state index in [4.69, 9.17) is 4.98 Å². The molecule has 1 N–H and O–H groups in total. The number of aromatic nitrogens is 2. The van der Waals surface area contributed by atoms with Crippen molar-refractivity contribution < 1.29 is 0 Å². The van der Waals surface area contributed by atoms with Gasteiger partial charge in [-0.05, 0) is 43.8 Å². The molecule has 110 valence electrons. The Kier molecular flexibility index (Phi) is 4.08. The minimum atomic E-state index is 0.234. The molecule has 0 aliphatic rings. The third-order valence-electron chi connectivity index (χ3n) is 3.83. The summed E-state index contributed by atoms with van der Waals surface area (Å²) in [4.78, 5) is 6.19. The van der Waals surface area contributed by atoms with E-state index < -0.39 is 0 Å². The van der Waals surface area contributed by atoms with Crippen molar-refractivity contribution in [1.29, 1.82) is 0 Å². The molecular weight excluding hydrogens is 278 g/mol. The number of imidazole rings is 1. The van der Waals surface area contributed by atoms with Crippen molar-refractivity contribution in [2.75, 3.05) is 0 Å². The normalized spacial score (nSPS) is 14.4. The molecule has 2 heterocycles. The summed E-state index contributed by atoms with van der Waals surface area (Å²) in [5, 5.41) is 5.80. The molecule has 0 amide bonds. The first-order valence-electron chi connectivity index (χ1n) is 7.35. The van der Waals surface area contributed by atoms with E-state index in [2.05, 4.69) is 66.5 Å². The molecule has 0 saturated heterocycles. The third-order valence-corrected chi connectivity index (χ3v) is 4.73. The zero-order valence-corrected chi connectivity index (χ0v) is 13.5. The SMILES string of the molecule is CC(Cc1cccs1)NC(C)c1nc2ccccc2n1C. The van der Waals surface area contributed by atoms with Gasteiger partial charge in [-0.3, -0.25) is 0 Å². The second-order valence-corrected chi connectivity index (χ2v) is 6.62. The highest BCUT2D eigenvalue weighted by Crippen LogP contribution is 2.20. The van der Waals surface area contributed by atoms with Gasteiger partial charge in [-0.2, -0.15) is 0 Å². The molecule has 4 heteroatoms. The summed E-state index contributed by atoms with van der Waals surface area (Å²) < 4.78 is 2.19. The van der Waals surface area contributed by atoms with Gasteiger partial charge in [0, 0.05) is 18.0 Å². The number of rotatable bonds is 5. The fourth-order valence-electron chi connectivity index (χ4n) is 2.84. The molecule has 0 bridgehead atoms. The van der Waals surface area contributed by atoms with Crippen LogP contribution in [-0.2, 0) is 13.5 Å². The molecule has 0 fully saturated rings. The number of nitrogens with zero attached hydrogens (tertiary/aromatic N) is 2. The fourth-order valence-corrected chi connectivity index (χ4v) is 3.68. The summed E-state index contributed by atoms with van der Waals surface area (Å²) in [7, 11) is 2.09. The van der Waals surface area contributed by atoms with Gasteiger partial charge >= 0.3 is 0 Å². The summed E-state index contributed by atoms with van der Waals surface area (Å²) in [5.74, 6) is 1.09. The quantitative estimate of drug-likeness (QED) is 0.774. The molecule has 0 aliphatic heterocycles. The summed E-state index contributed by atoms with van der Waals surface area (Å²) in [6.45, 7) is 4.42. The summed E-state index contributed by atoms with van der Waals surface area (Å²) in [6.07, 6.45) is 1.06. The topological polar surface area (TPSA) is 29.9 Å². The van der Waals surface area contributed by atoms with E-state index in [1.54, 1.807) is 0 Å². The molecule has 2 aromatic heterocycles. The van der Waals surface area contributed by atoms with Crippen LogP contribution in [0.4, 0.5) is 0 Å². The molecule has 0 aliphatic carbocycles. The van der Waals surface area contributed by atoms with Crippen molar-refractivity contribution >= 4 is 22.4 Å². The Hall–Kier alpha value is -1.65. The molecule has 21 heavy (non-hydrogen) atoms. The fraction of sp³-hybridized carbons (Fsp3) is 0.353. The van der Waals surface area contributed by atoms with Crippen LogP contribution >= 0.6 is 11.3 Å². The number of para-hydroxylation sites is 2. The first-order valence-corrected chi connectivity index (χ1v) is 8.23. The smallest absolute Gasteiger partial charge is 0.126 e. The van der Waals surface area contributed by atoms with Crippen LogP contribution in [0, 0.1) is 0 Å². The maximum atomic E-state index is 4.77. The van der Waals surface area contributed by atoms with E-state index in [9.17, 15) is 0 Å². The highest BCUT2D eigenvalue weighted by atomic mass is 32.1. The lowest BCUT2D eigenvalue weighted by atomic mass is 10.2. The maximum Gasteiger partial charge on any atom is 0.126 e. The first kappa shape index (κ1) is 14.3. The van der Waals surface area contributed by atoms with Crippen molar-refractivity contribution in [2.24, 2.45) is 7.05 Å². The van der Waals surface area contributed by atoms with Crippen LogP contribution in [0.25, 0.3) is 11.0 Å². The van der Waals surface area contributed by atoms with Gasteiger partial charge in [0.25, 0.3) is 0 Å². The van der Waals surface area contributed by atoms with Crippen molar-refractivity contribution in [1.82, 2.24) is 14.9 Å². The minimum absolute atomic E-state index is 0.234. The van der Waals surface area contributed by atoms with E-state index in [-0.39, 0.29) is 6.04 Å². The molecule has 3 nitrogen and oxygen atoms in total. The second kappa shape index (κ2) is 6.00. The number of benzene rings is 1. The molecule has 0 saturated carbocycles. The number of hydrogen-bond acceptors (Lipinski definition) is 3. The minimum Gasteiger partial charge on any atom is -0.330 e. The monoisotopic (exact) mass is 299 g/mol. The van der Waals surface area contributed by atoms with Crippen LogP contribution in [0.15, 0.2) is 41.8 Å². The summed E-state index contributed by atoms with van der Waals surface area (Å²) in [6, 6.07) is 13.3. The van der Waals surface area contributed by atoms with Crippen molar-refractivity contribution in [2.45, 2.75) is 32.4 Å². The average molecular weight is 299 g/mol. The molecule has 0 spiro atoms. The van der Waals surface area contributed by atoms with Crippen LogP contribution in [0.2, 0.25) is 0 Å². The number of fused-ring (bicyclic) bond motifs is 1. The zero-order chi connectivity index (χ0) is 14.8. The van der Waals surface area contributed by atoms with Crippen molar-refractivity contribution in [3.63, 3.8) is 0 Å². The standard InChI is InChI=1S/C17H21N3S/c1-12(11-14-7-6-10-21-14)18-13(2)17-19-15-8-4-5-9-16(15)20(17)3/h4-10,12-13,18H,11H2,1-3H3. The second-order valence-electron chi connectivity index (χ2n) is 5.59. The van der Waals surface area contributed by atoms with Gasteiger partial charge in [0.2, 0.25) is 0 Å². The third kappa shape index (κ3) is 3.01. The van der Waals surface area contributed by atoms with Crippen LogP contribution in [0.1, 0.15) is 30.6 Å². The van der Waals surface area contributed by atoms with Gasteiger partial charge in [0.05, 0.1) is 17.1 Å².